The second-order valence-electron chi connectivity index (χ2n) is 16.1. The van der Waals surface area contributed by atoms with Gasteiger partial charge in [0.05, 0.1) is 31.8 Å². The predicted octanol–water partition coefficient (Wildman–Crippen LogP) is 16.1. The van der Waals surface area contributed by atoms with E-state index < -0.39 is 175 Å². The van der Waals surface area contributed by atoms with E-state index in [0.717, 1.165) is 0 Å². The van der Waals surface area contributed by atoms with Crippen LogP contribution in [0.4, 0.5) is 220 Å². The molecular formula is C29H8F50O3. The minimum atomic E-state index is -10.1. The first kappa shape index (κ1) is 76.4. The van der Waals surface area contributed by atoms with Crippen LogP contribution in [0.5, 0.6) is 0 Å². The maximum absolute atomic E-state index is 14.3. The van der Waals surface area contributed by atoms with Crippen molar-refractivity contribution in [1.82, 2.24) is 0 Å². The smallest absolute Gasteiger partial charge is 0.380 e. The number of rotatable bonds is 26. The van der Waals surface area contributed by atoms with Gasteiger partial charge in [0.1, 0.15) is 0 Å². The van der Waals surface area contributed by atoms with E-state index in [0.29, 0.717) is 0 Å². The molecule has 1 aliphatic heterocycles. The van der Waals surface area contributed by atoms with Gasteiger partial charge in [-0.1, -0.05) is 0 Å². The molecule has 1 aliphatic rings. The third kappa shape index (κ3) is 9.27. The van der Waals surface area contributed by atoms with E-state index in [4.69, 9.17) is 0 Å². The monoisotopic (exact) mass is 1350 g/mol. The highest BCUT2D eigenvalue weighted by atomic mass is 19.5. The highest BCUT2D eigenvalue weighted by molar-refractivity contribution is 5.21. The highest BCUT2D eigenvalue weighted by Crippen LogP contribution is 2.71. The first-order valence-corrected chi connectivity index (χ1v) is 17.9. The Labute approximate surface area is 410 Å². The van der Waals surface area contributed by atoms with E-state index in [1.54, 1.807) is 0 Å². The summed E-state index contributed by atoms with van der Waals surface area (Å²) in [7, 11) is 0. The minimum absolute atomic E-state index is 2.32. The maximum atomic E-state index is 14.3. The minimum Gasteiger partial charge on any atom is -0.380 e. The van der Waals surface area contributed by atoms with Crippen LogP contribution in [0.2, 0.25) is 0 Å². The number of hydrogen-bond acceptors (Lipinski definition) is 3. The van der Waals surface area contributed by atoms with Crippen molar-refractivity contribution in [3.05, 3.63) is 0 Å². The highest BCUT2D eigenvalue weighted by Gasteiger charge is 3.02. The SMILES string of the molecule is FC(F)(F)C(F)(F)C(F)(F)C(F)(F)C(F)(F)C(F)(F)C(F)(F)C(F)(F)C(F)(F)C(F)(F)C(F)(F)C(F)(F)OCC1(COC(F)(F)C(F)(F)C(F)(F)C(F)(F)C(F)(F)C(F)(F)C(F)(F)C(F)(F)C(F)(F)C(F)(F)C(F)(F)C(F)(F)F)COC1. The van der Waals surface area contributed by atoms with Gasteiger partial charge in [-0.05, 0) is 0 Å². The summed E-state index contributed by atoms with van der Waals surface area (Å²) in [6, 6.07) is 0. The largest absolute Gasteiger partial charge is 0.460 e. The van der Waals surface area contributed by atoms with Gasteiger partial charge in [-0.15, -0.1) is 0 Å². The average Bonchev–Trinajstić information content (AvgIpc) is 3.23. The summed E-state index contributed by atoms with van der Waals surface area (Å²) in [5.41, 5.74) is -4.14. The lowest BCUT2D eigenvalue weighted by molar-refractivity contribution is -0.492. The van der Waals surface area contributed by atoms with Gasteiger partial charge >= 0.3 is 143 Å². The predicted molar refractivity (Wildman–Crippen MR) is 146 cm³/mol. The van der Waals surface area contributed by atoms with Gasteiger partial charge in [0, 0.05) is 0 Å². The molecule has 0 bridgehead atoms. The fraction of sp³-hybridized carbons (Fsp3) is 1.00. The average molecular weight is 1350 g/mol. The Morgan fingerprint density at radius 1 is 0.195 bits per heavy atom. The van der Waals surface area contributed by atoms with Crippen molar-refractivity contribution in [2.24, 2.45) is 5.41 Å². The molecule has 82 heavy (non-hydrogen) atoms. The normalized spacial score (nSPS) is 18.5. The van der Waals surface area contributed by atoms with E-state index in [1.165, 1.54) is 0 Å². The quantitative estimate of drug-likeness (QED) is 0.0808. The van der Waals surface area contributed by atoms with Crippen LogP contribution in [-0.2, 0) is 14.2 Å². The van der Waals surface area contributed by atoms with E-state index in [-0.39, 0.29) is 0 Å². The van der Waals surface area contributed by atoms with Crippen molar-refractivity contribution < 1.29 is 234 Å². The molecule has 0 amide bonds. The molecule has 0 spiro atoms. The molecule has 0 N–H and O–H groups in total. The Kier molecular flexibility index (Phi) is 17.9. The van der Waals surface area contributed by atoms with Gasteiger partial charge in [-0.3, -0.25) is 0 Å². The molecule has 0 aliphatic carbocycles. The van der Waals surface area contributed by atoms with E-state index in [2.05, 4.69) is 14.2 Å². The van der Waals surface area contributed by atoms with Crippen LogP contribution >= 0.6 is 0 Å². The summed E-state index contributed by atoms with van der Waals surface area (Å²) in [4.78, 5) is 0. The molecule has 0 aromatic rings. The van der Waals surface area contributed by atoms with Crippen LogP contribution in [0.3, 0.4) is 0 Å². The number of alkyl halides is 50. The molecule has 0 unspecified atom stereocenters. The van der Waals surface area contributed by atoms with E-state index in [9.17, 15) is 220 Å². The van der Waals surface area contributed by atoms with Crippen molar-refractivity contribution >= 4 is 0 Å². The van der Waals surface area contributed by atoms with Gasteiger partial charge in [0.2, 0.25) is 0 Å². The maximum Gasteiger partial charge on any atom is 0.460 e. The zero-order valence-electron chi connectivity index (χ0n) is 35.5. The molecule has 53 heteroatoms. The number of hydrogen-bond donors (Lipinski definition) is 0. The van der Waals surface area contributed by atoms with Crippen LogP contribution in [0.25, 0.3) is 0 Å². The summed E-state index contributed by atoms with van der Waals surface area (Å²) in [6.07, 6.45) is -33.7. The van der Waals surface area contributed by atoms with Crippen molar-refractivity contribution in [3.8, 4) is 0 Å². The molecule has 3 nitrogen and oxygen atoms in total. The van der Waals surface area contributed by atoms with Crippen LogP contribution < -0.4 is 0 Å². The molecule has 0 aromatic carbocycles. The molecule has 0 radical (unpaired) electrons. The molecule has 0 aromatic heterocycles. The Morgan fingerprint density at radius 3 is 0.427 bits per heavy atom. The third-order valence-corrected chi connectivity index (χ3v) is 10.5. The zero-order chi connectivity index (χ0) is 67.4. The van der Waals surface area contributed by atoms with Crippen LogP contribution in [0, 0.1) is 5.41 Å². The second-order valence-corrected chi connectivity index (χ2v) is 16.1. The van der Waals surface area contributed by atoms with Crippen LogP contribution in [-0.4, -0.2) is 169 Å². The van der Waals surface area contributed by atoms with Gasteiger partial charge in [0.25, 0.3) is 0 Å². The topological polar surface area (TPSA) is 27.7 Å². The first-order chi connectivity index (χ1) is 34.6. The van der Waals surface area contributed by atoms with Crippen molar-refractivity contribution in [1.29, 1.82) is 0 Å². The summed E-state index contributed by atoms with van der Waals surface area (Å²) < 4.78 is 692. The second kappa shape index (κ2) is 19.2. The van der Waals surface area contributed by atoms with Crippen LogP contribution in [0.15, 0.2) is 0 Å². The summed E-state index contributed by atoms with van der Waals surface area (Å²) in [5.74, 6) is -195. The lowest BCUT2D eigenvalue weighted by Crippen LogP contribution is -2.78. The zero-order valence-corrected chi connectivity index (χ0v) is 35.5. The van der Waals surface area contributed by atoms with Crippen molar-refractivity contribution in [2.75, 3.05) is 26.4 Å². The molecule has 1 saturated heterocycles. The first-order valence-electron chi connectivity index (χ1n) is 17.9. The Morgan fingerprint density at radius 2 is 0.317 bits per heavy atom. The fourth-order valence-electron chi connectivity index (χ4n) is 5.14. The number of halogens is 50. The summed E-state index contributed by atoms with van der Waals surface area (Å²) in [5, 5.41) is 0. The summed E-state index contributed by atoms with van der Waals surface area (Å²) in [6.45, 7) is -11.9. The number of ether oxygens (including phenoxy) is 3. The molecule has 1 fully saturated rings. The lowest BCUT2D eigenvalue weighted by atomic mass is 9.85. The van der Waals surface area contributed by atoms with Gasteiger partial charge < -0.3 is 14.2 Å². The molecule has 1 heterocycles. The molecule has 0 saturated carbocycles. The Hall–Kier alpha value is -3.62. The molecule has 1 rings (SSSR count). The molecule has 492 valence electrons. The molecule has 0 atom stereocenters. The lowest BCUT2D eigenvalue weighted by Gasteiger charge is -2.46. The Balaban J connectivity index is 3.79. The Bertz CT molecular complexity index is 2120. The van der Waals surface area contributed by atoms with Gasteiger partial charge in [-0.2, -0.15) is 220 Å². The van der Waals surface area contributed by atoms with E-state index in [1.807, 2.05) is 0 Å². The standard InChI is InChI=1S/C29H8F50O3/c30-6(31,10(38,39)14(46,47)18(54,55)22(62,63)26(70,71)72)8(34,35)12(42,43)16(50,51)20(58,59)24(66,67)28(76,77)81-3-5(1-80-2-5)4-82-29(78,79)25(68,69)21(60,61)17(52,53)13(44,45)9(36,37)7(32,33)11(40,41)15(48,49)19(56,57)23(64,65)27(73,74)75/h1-4H2. The van der Waals surface area contributed by atoms with Gasteiger partial charge in [-0.25, -0.2) is 0 Å². The van der Waals surface area contributed by atoms with Crippen LogP contribution in [0.1, 0.15) is 0 Å². The summed E-state index contributed by atoms with van der Waals surface area (Å²) >= 11 is 0. The van der Waals surface area contributed by atoms with Crippen molar-refractivity contribution in [2.45, 2.75) is 143 Å². The third-order valence-electron chi connectivity index (χ3n) is 10.5. The van der Waals surface area contributed by atoms with Crippen molar-refractivity contribution in [3.63, 3.8) is 0 Å². The molecular weight excluding hydrogens is 1350 g/mol. The van der Waals surface area contributed by atoms with Gasteiger partial charge in [0.15, 0.2) is 0 Å². The van der Waals surface area contributed by atoms with E-state index >= 15 is 0 Å². The fourth-order valence-corrected chi connectivity index (χ4v) is 5.14.